The first kappa shape index (κ1) is 30.2. The molecule has 2 aliphatic rings. The lowest BCUT2D eigenvalue weighted by molar-refractivity contribution is -0.193. The zero-order valence-electron chi connectivity index (χ0n) is 19.4. The molecule has 1 unspecified atom stereocenters. The van der Waals surface area contributed by atoms with Crippen molar-refractivity contribution in [3.05, 3.63) is 17.5 Å². The van der Waals surface area contributed by atoms with Crippen molar-refractivity contribution in [3.8, 4) is 0 Å². The molecule has 1 aromatic rings. The van der Waals surface area contributed by atoms with E-state index in [-0.39, 0.29) is 5.54 Å². The van der Waals surface area contributed by atoms with Gasteiger partial charge >= 0.3 is 24.3 Å². The molecule has 0 bridgehead atoms. The van der Waals surface area contributed by atoms with Crippen LogP contribution in [0.4, 0.5) is 26.3 Å². The molecule has 1 amide bonds. The fourth-order valence-corrected chi connectivity index (χ4v) is 3.96. The van der Waals surface area contributed by atoms with Crippen LogP contribution in [0.25, 0.3) is 0 Å². The first-order valence-electron chi connectivity index (χ1n) is 10.5. The number of carbonyl (C=O) groups excluding carboxylic acids is 1. The summed E-state index contributed by atoms with van der Waals surface area (Å²) >= 11 is 0. The van der Waals surface area contributed by atoms with Gasteiger partial charge in [0.2, 0.25) is 5.91 Å². The van der Waals surface area contributed by atoms with Crippen LogP contribution in [0.15, 0.2) is 6.07 Å². The molecule has 2 saturated heterocycles. The van der Waals surface area contributed by atoms with E-state index in [4.69, 9.17) is 19.8 Å². The van der Waals surface area contributed by atoms with Gasteiger partial charge in [0, 0.05) is 39.1 Å². The summed E-state index contributed by atoms with van der Waals surface area (Å²) in [5, 5.41) is 18.7. The number of likely N-dealkylation sites (tertiary alicyclic amines) is 2. The van der Waals surface area contributed by atoms with E-state index < -0.39 is 24.3 Å². The largest absolute Gasteiger partial charge is 0.490 e. The number of carbonyl (C=O) groups is 3. The molecular formula is C20H28F6N4O5. The van der Waals surface area contributed by atoms with E-state index in [9.17, 15) is 31.1 Å². The Morgan fingerprint density at radius 3 is 1.89 bits per heavy atom. The number of carboxylic acids is 2. The fraction of sp³-hybridized carbons (Fsp3) is 0.700. The minimum absolute atomic E-state index is 0.133. The topological polar surface area (TPSA) is 116 Å². The fourth-order valence-electron chi connectivity index (χ4n) is 3.96. The number of rotatable bonds is 2. The second-order valence-corrected chi connectivity index (χ2v) is 8.31. The number of amides is 1. The van der Waals surface area contributed by atoms with Gasteiger partial charge in [0.15, 0.2) is 0 Å². The zero-order valence-corrected chi connectivity index (χ0v) is 19.4. The van der Waals surface area contributed by atoms with E-state index in [0.717, 1.165) is 51.0 Å². The number of nitrogens with zero attached hydrogens (tertiary/aromatic N) is 4. The summed E-state index contributed by atoms with van der Waals surface area (Å²) in [6.07, 6.45) is -4.96. The van der Waals surface area contributed by atoms with Crippen LogP contribution in [-0.2, 0) is 28.0 Å². The highest BCUT2D eigenvalue weighted by Crippen LogP contribution is 2.38. The average molecular weight is 518 g/mol. The van der Waals surface area contributed by atoms with Gasteiger partial charge in [-0.25, -0.2) is 9.59 Å². The van der Waals surface area contributed by atoms with Crippen LogP contribution in [-0.4, -0.2) is 85.7 Å². The lowest BCUT2D eigenvalue weighted by atomic mass is 9.88. The molecule has 2 fully saturated rings. The van der Waals surface area contributed by atoms with Gasteiger partial charge in [0.25, 0.3) is 0 Å². The third-order valence-corrected chi connectivity index (χ3v) is 5.87. The lowest BCUT2D eigenvalue weighted by Crippen LogP contribution is -2.43. The molecule has 0 aromatic carbocycles. The SMILES string of the molecule is Cc1cc(CN2CCCC3(CCC(=O)N3C)CC2)n(C)n1.O=C(O)C(F)(F)F.O=C(O)C(F)(F)F. The van der Waals surface area contributed by atoms with Gasteiger partial charge in [0.05, 0.1) is 11.4 Å². The third-order valence-electron chi connectivity index (χ3n) is 5.87. The predicted octanol–water partition coefficient (Wildman–Crippen LogP) is 2.97. The summed E-state index contributed by atoms with van der Waals surface area (Å²) in [7, 11) is 4.01. The van der Waals surface area contributed by atoms with E-state index in [0.29, 0.717) is 5.91 Å². The van der Waals surface area contributed by atoms with Gasteiger partial charge in [-0.3, -0.25) is 14.4 Å². The number of aromatic nitrogens is 2. The predicted molar refractivity (Wildman–Crippen MR) is 109 cm³/mol. The summed E-state index contributed by atoms with van der Waals surface area (Å²) in [5.74, 6) is -5.19. The van der Waals surface area contributed by atoms with Gasteiger partial charge in [-0.2, -0.15) is 31.4 Å². The van der Waals surface area contributed by atoms with Crippen LogP contribution in [0, 0.1) is 6.92 Å². The minimum atomic E-state index is -5.08. The lowest BCUT2D eigenvalue weighted by Gasteiger charge is -2.35. The maximum atomic E-state index is 11.9. The van der Waals surface area contributed by atoms with Crippen LogP contribution >= 0.6 is 0 Å². The molecule has 0 radical (unpaired) electrons. The van der Waals surface area contributed by atoms with Gasteiger partial charge in [-0.1, -0.05) is 0 Å². The molecule has 9 nitrogen and oxygen atoms in total. The molecule has 1 spiro atoms. The molecule has 0 saturated carbocycles. The van der Waals surface area contributed by atoms with E-state index >= 15 is 0 Å². The van der Waals surface area contributed by atoms with Crippen molar-refractivity contribution in [3.63, 3.8) is 0 Å². The number of hydrogen-bond acceptors (Lipinski definition) is 5. The van der Waals surface area contributed by atoms with Crippen LogP contribution in [0.5, 0.6) is 0 Å². The first-order chi connectivity index (χ1) is 15.9. The molecule has 1 aromatic heterocycles. The van der Waals surface area contributed by atoms with Crippen molar-refractivity contribution in [1.29, 1.82) is 0 Å². The smallest absolute Gasteiger partial charge is 0.475 e. The number of alkyl halides is 6. The second kappa shape index (κ2) is 11.7. The zero-order chi connectivity index (χ0) is 27.2. The number of halogens is 6. The molecule has 3 rings (SSSR count). The molecule has 1 atom stereocenters. The summed E-state index contributed by atoms with van der Waals surface area (Å²) in [6, 6.07) is 2.17. The Hall–Kier alpha value is -2.84. The number of aliphatic carboxylic acids is 2. The van der Waals surface area contributed by atoms with Crippen LogP contribution in [0.3, 0.4) is 0 Å². The maximum Gasteiger partial charge on any atom is 0.490 e. The summed E-state index contributed by atoms with van der Waals surface area (Å²) in [5.41, 5.74) is 2.49. The van der Waals surface area contributed by atoms with E-state index in [1.165, 1.54) is 12.1 Å². The van der Waals surface area contributed by atoms with Gasteiger partial charge < -0.3 is 15.1 Å². The Balaban J connectivity index is 0.000000362. The summed E-state index contributed by atoms with van der Waals surface area (Å²) in [6.45, 7) is 5.20. The van der Waals surface area contributed by atoms with Crippen molar-refractivity contribution in [2.24, 2.45) is 7.05 Å². The van der Waals surface area contributed by atoms with Crippen LogP contribution in [0.2, 0.25) is 0 Å². The highest BCUT2D eigenvalue weighted by atomic mass is 19.4. The van der Waals surface area contributed by atoms with E-state index in [2.05, 4.69) is 16.1 Å². The van der Waals surface area contributed by atoms with Gasteiger partial charge in [-0.05, 0) is 45.2 Å². The molecule has 3 heterocycles. The van der Waals surface area contributed by atoms with Gasteiger partial charge in [-0.15, -0.1) is 0 Å². The van der Waals surface area contributed by atoms with E-state index in [1.54, 1.807) is 0 Å². The van der Waals surface area contributed by atoms with Crippen molar-refractivity contribution in [1.82, 2.24) is 19.6 Å². The highest BCUT2D eigenvalue weighted by molar-refractivity contribution is 5.79. The van der Waals surface area contributed by atoms with Crippen molar-refractivity contribution in [2.75, 3.05) is 20.1 Å². The minimum Gasteiger partial charge on any atom is -0.475 e. The van der Waals surface area contributed by atoms with Crippen LogP contribution in [0.1, 0.15) is 43.5 Å². The van der Waals surface area contributed by atoms with Crippen molar-refractivity contribution >= 4 is 17.8 Å². The molecule has 15 heteroatoms. The molecule has 2 aliphatic heterocycles. The standard InChI is InChI=1S/C16H26N4O.2C2HF3O2/c1-13-11-14(19(3)17-13)12-20-9-4-6-16(8-10-20)7-5-15(21)18(16)2;2*3-2(4,5)1(6)7/h11H,4-10,12H2,1-3H3;2*(H,6,7). The summed E-state index contributed by atoms with van der Waals surface area (Å²) < 4.78 is 65.5. The maximum absolute atomic E-state index is 11.9. The number of aryl methyl sites for hydroxylation is 2. The van der Waals surface area contributed by atoms with Crippen LogP contribution < -0.4 is 0 Å². The molecule has 0 aliphatic carbocycles. The monoisotopic (exact) mass is 518 g/mol. The highest BCUT2D eigenvalue weighted by Gasteiger charge is 2.43. The number of hydrogen-bond donors (Lipinski definition) is 2. The molecule has 35 heavy (non-hydrogen) atoms. The Morgan fingerprint density at radius 2 is 1.51 bits per heavy atom. The normalized spacial score (nSPS) is 21.1. The third kappa shape index (κ3) is 9.03. The molecular weight excluding hydrogens is 490 g/mol. The average Bonchev–Trinajstić information content (AvgIpc) is 3.08. The molecule has 2 N–H and O–H groups in total. The first-order valence-corrected chi connectivity index (χ1v) is 10.5. The Morgan fingerprint density at radius 1 is 1.00 bits per heavy atom. The number of carboxylic acid groups (broad SMARTS) is 2. The Bertz CT molecular complexity index is 878. The quantitative estimate of drug-likeness (QED) is 0.579. The van der Waals surface area contributed by atoms with Crippen molar-refractivity contribution in [2.45, 2.75) is 63.5 Å². The summed E-state index contributed by atoms with van der Waals surface area (Å²) in [4.78, 5) is 34.2. The van der Waals surface area contributed by atoms with Gasteiger partial charge in [0.1, 0.15) is 0 Å². The molecule has 200 valence electrons. The Kier molecular flexibility index (Phi) is 10.1. The Labute approximate surface area is 197 Å². The van der Waals surface area contributed by atoms with Crippen molar-refractivity contribution < 1.29 is 50.9 Å². The second-order valence-electron chi connectivity index (χ2n) is 8.31. The van der Waals surface area contributed by atoms with E-state index in [1.807, 2.05) is 30.6 Å².